The molecule has 2 aliphatic heterocycles. The van der Waals surface area contributed by atoms with Crippen LogP contribution in [-0.2, 0) is 26.3 Å². The lowest BCUT2D eigenvalue weighted by Crippen LogP contribution is -2.59. The molecule has 0 saturated carbocycles. The second-order valence-electron chi connectivity index (χ2n) is 6.88. The zero-order valence-electron chi connectivity index (χ0n) is 15.5. The van der Waals surface area contributed by atoms with Crippen molar-refractivity contribution < 1.29 is 17.9 Å². The molecule has 9 nitrogen and oxygen atoms in total. The minimum Gasteiger partial charge on any atom is -0.375 e. The summed E-state index contributed by atoms with van der Waals surface area (Å²) >= 11 is 0. The van der Waals surface area contributed by atoms with Crippen LogP contribution in [0, 0.1) is 0 Å². The molecule has 3 atom stereocenters. The minimum atomic E-state index is -3.77. The van der Waals surface area contributed by atoms with E-state index in [1.165, 1.54) is 4.31 Å². The summed E-state index contributed by atoms with van der Waals surface area (Å²) in [7, 11) is -3.77. The molecule has 146 valence electrons. The van der Waals surface area contributed by atoms with Crippen LogP contribution in [0.15, 0.2) is 12.3 Å². The average Bonchev–Trinajstić information content (AvgIpc) is 3.07. The number of amides is 1. The van der Waals surface area contributed by atoms with Crippen molar-refractivity contribution in [2.45, 2.75) is 58.3 Å². The van der Waals surface area contributed by atoms with E-state index < -0.39 is 16.3 Å². The summed E-state index contributed by atoms with van der Waals surface area (Å²) in [6, 6.07) is 0.753. The molecule has 2 fully saturated rings. The fourth-order valence-corrected chi connectivity index (χ4v) is 5.12. The van der Waals surface area contributed by atoms with E-state index in [1.807, 2.05) is 13.8 Å². The molecule has 0 radical (unpaired) electrons. The lowest BCUT2D eigenvalue weighted by Gasteiger charge is -2.38. The molecule has 0 aliphatic carbocycles. The smallest absolute Gasteiger partial charge is 0.280 e. The predicted octanol–water partition coefficient (Wildman–Crippen LogP) is 0.342. The summed E-state index contributed by atoms with van der Waals surface area (Å²) < 4.78 is 36.9. The standard InChI is InChI=1S/C16H27N5O4S/c1-4-20-15(7-8-17-20)19-9-5-6-14(16(19)22)18-26(23,24)21-10-13(3)25-11-12(21)2/h7-8,12-14,18H,4-6,9-11H2,1-3H3. The molecule has 0 spiro atoms. The normalized spacial score (nSPS) is 28.5. The summed E-state index contributed by atoms with van der Waals surface area (Å²) in [5.74, 6) is 0.471. The molecule has 1 aromatic heterocycles. The summed E-state index contributed by atoms with van der Waals surface area (Å²) in [6.07, 6.45) is 2.70. The highest BCUT2D eigenvalue weighted by molar-refractivity contribution is 7.87. The van der Waals surface area contributed by atoms with Gasteiger partial charge in [0, 0.05) is 31.7 Å². The van der Waals surface area contributed by atoms with Crippen LogP contribution in [0.1, 0.15) is 33.6 Å². The highest BCUT2D eigenvalue weighted by Crippen LogP contribution is 2.22. The highest BCUT2D eigenvalue weighted by atomic mass is 32.2. The minimum absolute atomic E-state index is 0.166. The molecular formula is C16H27N5O4S. The van der Waals surface area contributed by atoms with E-state index in [2.05, 4.69) is 9.82 Å². The Morgan fingerprint density at radius 3 is 2.88 bits per heavy atom. The number of nitrogens with zero attached hydrogens (tertiary/aromatic N) is 4. The van der Waals surface area contributed by atoms with Crippen LogP contribution in [0.3, 0.4) is 0 Å². The lowest BCUT2D eigenvalue weighted by molar-refractivity contribution is -0.121. The van der Waals surface area contributed by atoms with E-state index >= 15 is 0 Å². The van der Waals surface area contributed by atoms with Gasteiger partial charge >= 0.3 is 0 Å². The van der Waals surface area contributed by atoms with Gasteiger partial charge in [0.1, 0.15) is 11.9 Å². The number of anilines is 1. The van der Waals surface area contributed by atoms with Crippen molar-refractivity contribution in [2.75, 3.05) is 24.6 Å². The van der Waals surface area contributed by atoms with E-state index in [0.29, 0.717) is 31.9 Å². The van der Waals surface area contributed by atoms with Gasteiger partial charge < -0.3 is 4.74 Å². The molecule has 0 aromatic carbocycles. The van der Waals surface area contributed by atoms with Crippen LogP contribution in [0.5, 0.6) is 0 Å². The number of rotatable bonds is 5. The summed E-state index contributed by atoms with van der Waals surface area (Å²) in [4.78, 5) is 14.5. The fourth-order valence-electron chi connectivity index (χ4n) is 3.47. The monoisotopic (exact) mass is 385 g/mol. The van der Waals surface area contributed by atoms with Crippen molar-refractivity contribution in [3.63, 3.8) is 0 Å². The van der Waals surface area contributed by atoms with Crippen LogP contribution in [0.4, 0.5) is 5.82 Å². The number of carbonyl (C=O) groups excluding carboxylic acids is 1. The quantitative estimate of drug-likeness (QED) is 0.788. The second kappa shape index (κ2) is 7.63. The molecule has 3 heterocycles. The fraction of sp³-hybridized carbons (Fsp3) is 0.750. The van der Waals surface area contributed by atoms with Crippen LogP contribution in [0.2, 0.25) is 0 Å². The molecule has 1 amide bonds. The van der Waals surface area contributed by atoms with E-state index in [1.54, 1.807) is 28.8 Å². The molecule has 10 heteroatoms. The summed E-state index contributed by atoms with van der Waals surface area (Å²) in [5.41, 5.74) is 0. The van der Waals surface area contributed by atoms with Gasteiger partial charge in [-0.2, -0.15) is 22.5 Å². The summed E-state index contributed by atoms with van der Waals surface area (Å²) in [5, 5.41) is 4.20. The highest BCUT2D eigenvalue weighted by Gasteiger charge is 2.38. The Labute approximate surface area is 154 Å². The third kappa shape index (κ3) is 3.78. The number of aryl methyl sites for hydroxylation is 1. The number of morpholine rings is 1. The molecule has 1 aromatic rings. The SMILES string of the molecule is CCn1nccc1N1CCCC(NS(=O)(=O)N2CC(C)OCC2C)C1=O. The molecule has 2 aliphatic rings. The van der Waals surface area contributed by atoms with Gasteiger partial charge in [-0.05, 0) is 33.6 Å². The Morgan fingerprint density at radius 1 is 1.38 bits per heavy atom. The number of ether oxygens (including phenoxy) is 1. The molecule has 1 N–H and O–H groups in total. The number of piperidine rings is 1. The molecule has 0 bridgehead atoms. The first-order valence-corrected chi connectivity index (χ1v) is 10.5. The second-order valence-corrected chi connectivity index (χ2v) is 8.53. The maximum atomic E-state index is 12.9. The van der Waals surface area contributed by atoms with Crippen molar-refractivity contribution in [3.05, 3.63) is 12.3 Å². The van der Waals surface area contributed by atoms with Crippen LogP contribution >= 0.6 is 0 Å². The summed E-state index contributed by atoms with van der Waals surface area (Å²) in [6.45, 7) is 7.44. The lowest BCUT2D eigenvalue weighted by atomic mass is 10.1. The largest absolute Gasteiger partial charge is 0.375 e. The Balaban J connectivity index is 1.75. The topological polar surface area (TPSA) is 96.8 Å². The molecular weight excluding hydrogens is 358 g/mol. The molecule has 3 rings (SSSR count). The zero-order chi connectivity index (χ0) is 18.9. The van der Waals surface area contributed by atoms with Crippen LogP contribution < -0.4 is 9.62 Å². The van der Waals surface area contributed by atoms with Gasteiger partial charge in [0.25, 0.3) is 10.2 Å². The van der Waals surface area contributed by atoms with Gasteiger partial charge in [-0.1, -0.05) is 0 Å². The number of hydrogen-bond donors (Lipinski definition) is 1. The van der Waals surface area contributed by atoms with E-state index in [4.69, 9.17) is 4.74 Å². The molecule has 2 saturated heterocycles. The first kappa shape index (κ1) is 19.3. The van der Waals surface area contributed by atoms with Crippen molar-refractivity contribution in [1.29, 1.82) is 0 Å². The first-order chi connectivity index (χ1) is 12.3. The van der Waals surface area contributed by atoms with E-state index in [-0.39, 0.29) is 24.6 Å². The number of nitrogens with one attached hydrogen (secondary N) is 1. The Hall–Kier alpha value is -1.49. The van der Waals surface area contributed by atoms with Crippen molar-refractivity contribution in [1.82, 2.24) is 18.8 Å². The zero-order valence-corrected chi connectivity index (χ0v) is 16.3. The van der Waals surface area contributed by atoms with Gasteiger partial charge in [0.2, 0.25) is 5.91 Å². The van der Waals surface area contributed by atoms with Gasteiger partial charge in [0.15, 0.2) is 0 Å². The Kier molecular flexibility index (Phi) is 5.66. The number of hydrogen-bond acceptors (Lipinski definition) is 5. The van der Waals surface area contributed by atoms with Crippen molar-refractivity contribution >= 4 is 21.9 Å². The molecule has 3 unspecified atom stereocenters. The van der Waals surface area contributed by atoms with Crippen molar-refractivity contribution in [2.24, 2.45) is 0 Å². The van der Waals surface area contributed by atoms with E-state index in [0.717, 1.165) is 6.42 Å². The van der Waals surface area contributed by atoms with Gasteiger partial charge in [-0.15, -0.1) is 0 Å². The van der Waals surface area contributed by atoms with Gasteiger partial charge in [-0.25, -0.2) is 4.68 Å². The maximum absolute atomic E-state index is 12.9. The number of aromatic nitrogens is 2. The van der Waals surface area contributed by atoms with Crippen molar-refractivity contribution in [3.8, 4) is 0 Å². The molecule has 26 heavy (non-hydrogen) atoms. The third-order valence-corrected chi connectivity index (χ3v) is 6.57. The first-order valence-electron chi connectivity index (χ1n) is 9.07. The third-order valence-electron chi connectivity index (χ3n) is 4.86. The number of carbonyl (C=O) groups is 1. The average molecular weight is 385 g/mol. The van der Waals surface area contributed by atoms with E-state index in [9.17, 15) is 13.2 Å². The Morgan fingerprint density at radius 2 is 2.15 bits per heavy atom. The maximum Gasteiger partial charge on any atom is 0.280 e. The van der Waals surface area contributed by atoms with Crippen LogP contribution in [-0.4, -0.2) is 66.3 Å². The Bertz CT molecular complexity index is 750. The van der Waals surface area contributed by atoms with Crippen LogP contribution in [0.25, 0.3) is 0 Å². The predicted molar refractivity (Wildman–Crippen MR) is 96.9 cm³/mol. The van der Waals surface area contributed by atoms with Gasteiger partial charge in [0.05, 0.1) is 18.9 Å². The van der Waals surface area contributed by atoms with Gasteiger partial charge in [-0.3, -0.25) is 9.69 Å².